The first kappa shape index (κ1) is 14.1. The Bertz CT molecular complexity index is 451. The van der Waals surface area contributed by atoms with Crippen LogP contribution in [0.25, 0.3) is 0 Å². The van der Waals surface area contributed by atoms with Crippen molar-refractivity contribution in [1.29, 1.82) is 0 Å². The number of hydrogen-bond acceptors (Lipinski definition) is 3. The average Bonchev–Trinajstić information content (AvgIpc) is 2.97. The molecular formula is C16H24N2OS. The number of nitrogens with zero attached hydrogens (tertiary/aromatic N) is 1. The molecule has 0 saturated carbocycles. The summed E-state index contributed by atoms with van der Waals surface area (Å²) in [5.41, 5.74) is 1.48. The van der Waals surface area contributed by atoms with Gasteiger partial charge >= 0.3 is 0 Å². The van der Waals surface area contributed by atoms with E-state index in [1.54, 1.807) is 0 Å². The normalized spacial score (nSPS) is 22.6. The van der Waals surface area contributed by atoms with Crippen LogP contribution in [-0.2, 0) is 11.2 Å². The Hall–Kier alpha value is -0.870. The van der Waals surface area contributed by atoms with Crippen molar-refractivity contribution in [1.82, 2.24) is 10.2 Å². The maximum Gasteiger partial charge on any atom is 0.223 e. The fourth-order valence-corrected chi connectivity index (χ4v) is 4.34. The van der Waals surface area contributed by atoms with E-state index in [2.05, 4.69) is 16.8 Å². The average molecular weight is 292 g/mol. The lowest BCUT2D eigenvalue weighted by atomic mass is 9.94. The Morgan fingerprint density at radius 3 is 3.00 bits per heavy atom. The molecule has 1 N–H and O–H groups in total. The van der Waals surface area contributed by atoms with E-state index in [4.69, 9.17) is 0 Å². The predicted octanol–water partition coefficient (Wildman–Crippen LogP) is 3.12. The van der Waals surface area contributed by atoms with Gasteiger partial charge in [-0.3, -0.25) is 4.79 Å². The lowest BCUT2D eigenvalue weighted by Gasteiger charge is -2.28. The van der Waals surface area contributed by atoms with E-state index in [1.807, 2.05) is 16.2 Å². The Balaban J connectivity index is 1.45. The van der Waals surface area contributed by atoms with Crippen molar-refractivity contribution in [3.05, 3.63) is 21.9 Å². The third-order valence-electron chi connectivity index (χ3n) is 4.49. The Kier molecular flexibility index (Phi) is 4.73. The summed E-state index contributed by atoms with van der Waals surface area (Å²) >= 11 is 1.88. The minimum Gasteiger partial charge on any atom is -0.343 e. The lowest BCUT2D eigenvalue weighted by molar-refractivity contribution is -0.132. The van der Waals surface area contributed by atoms with Crippen molar-refractivity contribution in [2.45, 2.75) is 51.0 Å². The maximum atomic E-state index is 12.1. The topological polar surface area (TPSA) is 32.3 Å². The van der Waals surface area contributed by atoms with E-state index in [0.29, 0.717) is 18.4 Å². The second-order valence-electron chi connectivity index (χ2n) is 5.89. The summed E-state index contributed by atoms with van der Waals surface area (Å²) < 4.78 is 0. The molecule has 20 heavy (non-hydrogen) atoms. The highest BCUT2D eigenvalue weighted by molar-refractivity contribution is 7.10. The first-order valence-electron chi connectivity index (χ1n) is 7.92. The number of carbonyl (C=O) groups excluding carboxylic acids is 1. The van der Waals surface area contributed by atoms with Gasteiger partial charge in [0.25, 0.3) is 0 Å². The van der Waals surface area contributed by atoms with Crippen LogP contribution in [0.5, 0.6) is 0 Å². The van der Waals surface area contributed by atoms with Crippen LogP contribution < -0.4 is 5.32 Å². The molecule has 1 amide bonds. The van der Waals surface area contributed by atoms with E-state index in [9.17, 15) is 4.79 Å². The van der Waals surface area contributed by atoms with Gasteiger partial charge in [-0.05, 0) is 55.5 Å². The largest absolute Gasteiger partial charge is 0.343 e. The Labute approximate surface area is 125 Å². The molecule has 0 bridgehead atoms. The highest BCUT2D eigenvalue weighted by Crippen LogP contribution is 2.33. The molecule has 1 aliphatic carbocycles. The molecular weight excluding hydrogens is 268 g/mol. The molecule has 0 aromatic carbocycles. The maximum absolute atomic E-state index is 12.1. The second kappa shape index (κ2) is 6.72. The van der Waals surface area contributed by atoms with Gasteiger partial charge < -0.3 is 10.2 Å². The van der Waals surface area contributed by atoms with E-state index >= 15 is 0 Å². The van der Waals surface area contributed by atoms with Crippen LogP contribution >= 0.6 is 11.3 Å². The number of carbonyl (C=O) groups is 1. The van der Waals surface area contributed by atoms with Crippen LogP contribution in [0.1, 0.15) is 55.0 Å². The van der Waals surface area contributed by atoms with E-state index in [-0.39, 0.29) is 0 Å². The number of rotatable bonds is 4. The highest BCUT2D eigenvalue weighted by Gasteiger charge is 2.21. The molecule has 1 aromatic rings. The van der Waals surface area contributed by atoms with Gasteiger partial charge in [-0.15, -0.1) is 11.3 Å². The third-order valence-corrected chi connectivity index (χ3v) is 5.49. The van der Waals surface area contributed by atoms with Gasteiger partial charge in [0.2, 0.25) is 5.91 Å². The smallest absolute Gasteiger partial charge is 0.223 e. The number of thiophene rings is 1. The van der Waals surface area contributed by atoms with Crippen LogP contribution in [0.2, 0.25) is 0 Å². The summed E-state index contributed by atoms with van der Waals surface area (Å²) in [6.45, 7) is 2.75. The summed E-state index contributed by atoms with van der Waals surface area (Å²) in [6.07, 6.45) is 8.01. The summed E-state index contributed by atoms with van der Waals surface area (Å²) in [5, 5.41) is 5.79. The molecule has 2 aliphatic rings. The molecule has 1 atom stereocenters. The van der Waals surface area contributed by atoms with Gasteiger partial charge in [0, 0.05) is 37.0 Å². The van der Waals surface area contributed by atoms with Crippen molar-refractivity contribution in [2.24, 2.45) is 0 Å². The second-order valence-corrected chi connectivity index (χ2v) is 6.89. The predicted molar refractivity (Wildman–Crippen MR) is 83.0 cm³/mol. The molecule has 2 heterocycles. The Morgan fingerprint density at radius 1 is 1.30 bits per heavy atom. The summed E-state index contributed by atoms with van der Waals surface area (Å²) in [6, 6.07) is 2.72. The zero-order valence-electron chi connectivity index (χ0n) is 12.1. The number of likely N-dealkylation sites (tertiary alicyclic amines) is 1. The van der Waals surface area contributed by atoms with Crippen molar-refractivity contribution in [3.63, 3.8) is 0 Å². The van der Waals surface area contributed by atoms with Crippen molar-refractivity contribution < 1.29 is 4.79 Å². The van der Waals surface area contributed by atoms with Gasteiger partial charge in [-0.2, -0.15) is 0 Å². The zero-order chi connectivity index (χ0) is 13.8. The fourth-order valence-electron chi connectivity index (χ4n) is 3.35. The molecule has 0 spiro atoms. The van der Waals surface area contributed by atoms with Gasteiger partial charge in [-0.25, -0.2) is 0 Å². The Morgan fingerprint density at radius 2 is 2.15 bits per heavy atom. The quantitative estimate of drug-likeness (QED) is 0.925. The van der Waals surface area contributed by atoms with Crippen LogP contribution in [0.15, 0.2) is 11.4 Å². The summed E-state index contributed by atoms with van der Waals surface area (Å²) in [5.74, 6) is 0.332. The van der Waals surface area contributed by atoms with Crippen LogP contribution in [-0.4, -0.2) is 30.4 Å². The molecule has 1 aliphatic heterocycles. The number of fused-ring (bicyclic) bond motifs is 1. The minimum atomic E-state index is 0.332. The molecule has 4 heteroatoms. The van der Waals surface area contributed by atoms with Gasteiger partial charge in [-0.1, -0.05) is 0 Å². The fraction of sp³-hybridized carbons (Fsp3) is 0.688. The number of piperidine rings is 1. The molecule has 1 fully saturated rings. The number of amides is 1. The molecule has 1 unspecified atom stereocenters. The molecule has 1 aromatic heterocycles. The van der Waals surface area contributed by atoms with Gasteiger partial charge in [0.05, 0.1) is 0 Å². The van der Waals surface area contributed by atoms with E-state index in [1.165, 1.54) is 49.0 Å². The first-order valence-corrected chi connectivity index (χ1v) is 8.80. The van der Waals surface area contributed by atoms with Crippen molar-refractivity contribution in [3.8, 4) is 0 Å². The molecule has 3 nitrogen and oxygen atoms in total. The standard InChI is InChI=1S/C16H24N2OS/c19-16(18-10-2-1-3-11-18)7-9-17-14-5-4-6-15-13(14)8-12-20-15/h8,12,14,17H,1-7,9-11H2. The minimum absolute atomic E-state index is 0.332. The molecule has 110 valence electrons. The van der Waals surface area contributed by atoms with Crippen LogP contribution in [0, 0.1) is 0 Å². The lowest BCUT2D eigenvalue weighted by Crippen LogP contribution is -2.37. The SMILES string of the molecule is O=C(CCNC1CCCc2sccc21)N1CCCCC1. The van der Waals surface area contributed by atoms with Crippen LogP contribution in [0.4, 0.5) is 0 Å². The molecule has 1 saturated heterocycles. The summed E-state index contributed by atoms with van der Waals surface area (Å²) in [4.78, 5) is 15.7. The summed E-state index contributed by atoms with van der Waals surface area (Å²) in [7, 11) is 0. The van der Waals surface area contributed by atoms with Crippen molar-refractivity contribution >= 4 is 17.2 Å². The van der Waals surface area contributed by atoms with E-state index in [0.717, 1.165) is 19.6 Å². The first-order chi connectivity index (χ1) is 9.84. The number of nitrogens with one attached hydrogen (secondary N) is 1. The van der Waals surface area contributed by atoms with Gasteiger partial charge in [0.1, 0.15) is 0 Å². The van der Waals surface area contributed by atoms with Crippen LogP contribution in [0.3, 0.4) is 0 Å². The zero-order valence-corrected chi connectivity index (χ0v) is 12.9. The highest BCUT2D eigenvalue weighted by atomic mass is 32.1. The monoisotopic (exact) mass is 292 g/mol. The van der Waals surface area contributed by atoms with E-state index < -0.39 is 0 Å². The molecule has 3 rings (SSSR count). The van der Waals surface area contributed by atoms with Crippen molar-refractivity contribution in [2.75, 3.05) is 19.6 Å². The van der Waals surface area contributed by atoms with Gasteiger partial charge in [0.15, 0.2) is 0 Å². The molecule has 0 radical (unpaired) electrons. The number of aryl methyl sites for hydroxylation is 1. The number of hydrogen-bond donors (Lipinski definition) is 1. The third kappa shape index (κ3) is 3.23.